The minimum absolute atomic E-state index is 0.105. The van der Waals surface area contributed by atoms with Gasteiger partial charge in [0.2, 0.25) is 0 Å². The van der Waals surface area contributed by atoms with Crippen molar-refractivity contribution in [3.05, 3.63) is 59.4 Å². The van der Waals surface area contributed by atoms with Gasteiger partial charge in [-0.15, -0.1) is 0 Å². The van der Waals surface area contributed by atoms with Crippen LogP contribution in [0, 0.1) is 6.92 Å². The van der Waals surface area contributed by atoms with Gasteiger partial charge in [-0.3, -0.25) is 14.8 Å². The van der Waals surface area contributed by atoms with Gasteiger partial charge in [0.25, 0.3) is 0 Å². The molecule has 0 spiro atoms. The number of fused-ring (bicyclic) bond motifs is 1. The smallest absolute Gasteiger partial charge is 0.322 e. The summed E-state index contributed by atoms with van der Waals surface area (Å²) in [5.41, 5.74) is 4.24. The summed E-state index contributed by atoms with van der Waals surface area (Å²) < 4.78 is 0. The van der Waals surface area contributed by atoms with Crippen LogP contribution in [0.1, 0.15) is 30.8 Å². The molecule has 5 nitrogen and oxygen atoms in total. The van der Waals surface area contributed by atoms with E-state index in [1.165, 1.54) is 5.56 Å². The number of amides is 2. The van der Waals surface area contributed by atoms with Crippen molar-refractivity contribution in [1.29, 1.82) is 0 Å². The number of benzene rings is 1. The van der Waals surface area contributed by atoms with Crippen LogP contribution < -0.4 is 4.90 Å². The van der Waals surface area contributed by atoms with Crippen LogP contribution in [0.3, 0.4) is 0 Å². The molecular weight excluding hydrogens is 336 g/mol. The second kappa shape index (κ2) is 6.97. The van der Waals surface area contributed by atoms with Crippen LogP contribution in [-0.2, 0) is 12.0 Å². The third kappa shape index (κ3) is 3.56. The summed E-state index contributed by atoms with van der Waals surface area (Å²) in [4.78, 5) is 24.3. The zero-order valence-corrected chi connectivity index (χ0v) is 16.5. The molecule has 2 aliphatic rings. The molecular formula is C22H28N4O. The molecule has 0 N–H and O–H groups in total. The van der Waals surface area contributed by atoms with E-state index in [2.05, 4.69) is 49.1 Å². The van der Waals surface area contributed by atoms with Gasteiger partial charge in [-0.2, -0.15) is 0 Å². The van der Waals surface area contributed by atoms with Gasteiger partial charge in [0, 0.05) is 50.4 Å². The van der Waals surface area contributed by atoms with Gasteiger partial charge in [-0.05, 0) is 24.6 Å². The van der Waals surface area contributed by atoms with Crippen LogP contribution >= 0.6 is 0 Å². The number of anilines is 1. The SMILES string of the molecule is Cc1ccc2c(n1)C(C)(C)CN2C(=O)N1CCN(Cc2ccccc2)CC1. The predicted molar refractivity (Wildman–Crippen MR) is 108 cm³/mol. The van der Waals surface area contributed by atoms with Crippen molar-refractivity contribution in [2.75, 3.05) is 37.6 Å². The van der Waals surface area contributed by atoms with Crippen molar-refractivity contribution >= 4 is 11.7 Å². The summed E-state index contributed by atoms with van der Waals surface area (Å²) >= 11 is 0. The fourth-order valence-electron chi connectivity index (χ4n) is 4.10. The Morgan fingerprint density at radius 2 is 1.74 bits per heavy atom. The van der Waals surface area contributed by atoms with Crippen molar-refractivity contribution in [2.24, 2.45) is 0 Å². The van der Waals surface area contributed by atoms with E-state index in [9.17, 15) is 4.79 Å². The van der Waals surface area contributed by atoms with Gasteiger partial charge < -0.3 is 4.90 Å². The highest BCUT2D eigenvalue weighted by atomic mass is 16.2. The van der Waals surface area contributed by atoms with E-state index in [1.54, 1.807) is 0 Å². The number of pyridine rings is 1. The first-order valence-corrected chi connectivity index (χ1v) is 9.75. The molecule has 0 saturated carbocycles. The number of carbonyl (C=O) groups is 1. The maximum absolute atomic E-state index is 13.2. The predicted octanol–water partition coefficient (Wildman–Crippen LogP) is 3.43. The van der Waals surface area contributed by atoms with E-state index >= 15 is 0 Å². The molecule has 1 saturated heterocycles. The molecule has 27 heavy (non-hydrogen) atoms. The molecule has 0 unspecified atom stereocenters. The van der Waals surface area contributed by atoms with Gasteiger partial charge >= 0.3 is 6.03 Å². The van der Waals surface area contributed by atoms with Crippen LogP contribution in [-0.4, -0.2) is 53.5 Å². The van der Waals surface area contributed by atoms with E-state index in [4.69, 9.17) is 4.98 Å². The Hall–Kier alpha value is -2.40. The standard InChI is InChI=1S/C22H28N4O/c1-17-9-10-19-20(23-17)22(2,3)16-26(19)21(27)25-13-11-24(12-14-25)15-18-7-5-4-6-8-18/h4-10H,11-16H2,1-3H3. The van der Waals surface area contributed by atoms with Crippen LogP contribution in [0.5, 0.6) is 0 Å². The minimum atomic E-state index is -0.105. The summed E-state index contributed by atoms with van der Waals surface area (Å²) in [5.74, 6) is 0. The van der Waals surface area contributed by atoms with Crippen molar-refractivity contribution in [2.45, 2.75) is 32.7 Å². The lowest BCUT2D eigenvalue weighted by Gasteiger charge is -2.37. The molecule has 0 aliphatic carbocycles. The average molecular weight is 364 g/mol. The molecule has 1 aromatic carbocycles. The van der Waals surface area contributed by atoms with E-state index in [0.717, 1.165) is 49.8 Å². The Kier molecular flexibility index (Phi) is 4.64. The van der Waals surface area contributed by atoms with Crippen molar-refractivity contribution in [3.8, 4) is 0 Å². The van der Waals surface area contributed by atoms with E-state index < -0.39 is 0 Å². The molecule has 5 heteroatoms. The number of nitrogens with zero attached hydrogens (tertiary/aromatic N) is 4. The largest absolute Gasteiger partial charge is 0.324 e. The Morgan fingerprint density at radius 1 is 1.04 bits per heavy atom. The number of aromatic nitrogens is 1. The molecule has 1 aromatic heterocycles. The molecule has 4 rings (SSSR count). The van der Waals surface area contributed by atoms with E-state index in [0.29, 0.717) is 6.54 Å². The van der Waals surface area contributed by atoms with Crippen molar-refractivity contribution in [1.82, 2.24) is 14.8 Å². The van der Waals surface area contributed by atoms with Gasteiger partial charge in [0.1, 0.15) is 0 Å². The fraction of sp³-hybridized carbons (Fsp3) is 0.455. The summed E-state index contributed by atoms with van der Waals surface area (Å²) in [5, 5.41) is 0. The molecule has 0 bridgehead atoms. The van der Waals surface area contributed by atoms with Gasteiger partial charge in [-0.1, -0.05) is 44.2 Å². The first-order chi connectivity index (χ1) is 12.9. The maximum Gasteiger partial charge on any atom is 0.324 e. The van der Waals surface area contributed by atoms with Crippen LogP contribution in [0.2, 0.25) is 0 Å². The summed E-state index contributed by atoms with van der Waals surface area (Å²) in [6, 6.07) is 14.7. The van der Waals surface area contributed by atoms with Gasteiger partial charge in [0.15, 0.2) is 0 Å². The second-order valence-electron chi connectivity index (χ2n) is 8.32. The van der Waals surface area contributed by atoms with Crippen molar-refractivity contribution in [3.63, 3.8) is 0 Å². The first-order valence-electron chi connectivity index (χ1n) is 9.75. The number of urea groups is 1. The molecule has 1 fully saturated rings. The van der Waals surface area contributed by atoms with Crippen LogP contribution in [0.4, 0.5) is 10.5 Å². The number of piperazine rings is 1. The Balaban J connectivity index is 1.42. The zero-order chi connectivity index (χ0) is 19.0. The number of hydrogen-bond acceptors (Lipinski definition) is 3. The van der Waals surface area contributed by atoms with Crippen LogP contribution in [0.25, 0.3) is 0 Å². The lowest BCUT2D eigenvalue weighted by Crippen LogP contribution is -2.53. The fourth-order valence-corrected chi connectivity index (χ4v) is 4.10. The Labute approximate surface area is 161 Å². The molecule has 0 radical (unpaired) electrons. The third-order valence-corrected chi connectivity index (χ3v) is 5.62. The molecule has 3 heterocycles. The van der Waals surface area contributed by atoms with E-state index in [-0.39, 0.29) is 11.4 Å². The second-order valence-corrected chi connectivity index (χ2v) is 8.32. The summed E-state index contributed by atoms with van der Waals surface area (Å²) in [6.45, 7) is 11.4. The highest BCUT2D eigenvalue weighted by Gasteiger charge is 2.41. The monoisotopic (exact) mass is 364 g/mol. The number of carbonyl (C=O) groups excluding carboxylic acids is 1. The average Bonchev–Trinajstić information content (AvgIpc) is 2.93. The van der Waals surface area contributed by atoms with Gasteiger partial charge in [0.05, 0.1) is 11.4 Å². The van der Waals surface area contributed by atoms with Crippen LogP contribution in [0.15, 0.2) is 42.5 Å². The first kappa shape index (κ1) is 18.0. The number of rotatable bonds is 2. The third-order valence-electron chi connectivity index (χ3n) is 5.62. The highest BCUT2D eigenvalue weighted by Crippen LogP contribution is 2.39. The Bertz CT molecular complexity index is 825. The summed E-state index contributed by atoms with van der Waals surface area (Å²) in [6.07, 6.45) is 0. The van der Waals surface area contributed by atoms with Crippen molar-refractivity contribution < 1.29 is 4.79 Å². The molecule has 0 atom stereocenters. The Morgan fingerprint density at radius 3 is 2.44 bits per heavy atom. The summed E-state index contributed by atoms with van der Waals surface area (Å²) in [7, 11) is 0. The topological polar surface area (TPSA) is 39.7 Å². The lowest BCUT2D eigenvalue weighted by atomic mass is 9.91. The number of aryl methyl sites for hydroxylation is 1. The number of hydrogen-bond donors (Lipinski definition) is 0. The zero-order valence-electron chi connectivity index (χ0n) is 16.5. The maximum atomic E-state index is 13.2. The molecule has 142 valence electrons. The lowest BCUT2D eigenvalue weighted by molar-refractivity contribution is 0.139. The van der Waals surface area contributed by atoms with Gasteiger partial charge in [-0.25, -0.2) is 4.79 Å². The highest BCUT2D eigenvalue weighted by molar-refractivity contribution is 5.94. The normalized spacial score (nSPS) is 19.2. The molecule has 2 amide bonds. The quantitative estimate of drug-likeness (QED) is 0.820. The van der Waals surface area contributed by atoms with E-state index in [1.807, 2.05) is 28.9 Å². The molecule has 2 aliphatic heterocycles. The molecule has 2 aromatic rings. The minimum Gasteiger partial charge on any atom is -0.322 e.